The van der Waals surface area contributed by atoms with Gasteiger partial charge in [0.15, 0.2) is 0 Å². The first-order valence-electron chi connectivity index (χ1n) is 12.3. The van der Waals surface area contributed by atoms with Crippen LogP contribution in [0.15, 0.2) is 36.4 Å². The van der Waals surface area contributed by atoms with Crippen LogP contribution in [0.25, 0.3) is 11.1 Å². The van der Waals surface area contributed by atoms with Crippen molar-refractivity contribution in [3.05, 3.63) is 86.7 Å². The van der Waals surface area contributed by atoms with Crippen molar-refractivity contribution < 1.29 is 19.4 Å². The van der Waals surface area contributed by atoms with Crippen LogP contribution in [0.4, 0.5) is 0 Å². The molecule has 0 aliphatic rings. The summed E-state index contributed by atoms with van der Waals surface area (Å²) in [5, 5.41) is 9.44. The van der Waals surface area contributed by atoms with Crippen LogP contribution < -0.4 is 5.73 Å². The lowest BCUT2D eigenvalue weighted by molar-refractivity contribution is -0.144. The summed E-state index contributed by atoms with van der Waals surface area (Å²) in [4.78, 5) is 29.5. The highest BCUT2D eigenvalue weighted by Gasteiger charge is 2.22. The molecule has 0 atom stereocenters. The number of pyridine rings is 1. The van der Waals surface area contributed by atoms with Crippen molar-refractivity contribution in [1.29, 1.82) is 0 Å². The molecule has 1 aromatic heterocycles. The molecule has 0 aliphatic heterocycles. The van der Waals surface area contributed by atoms with Crippen molar-refractivity contribution in [2.24, 2.45) is 11.7 Å². The molecular weight excluding hydrogens is 488 g/mol. The molecule has 0 spiro atoms. The number of benzene rings is 2. The standard InChI is InChI=1S/C30H36N2O4.ClH/c1-17(2)13-27-25(15-31)29(22-10-7-18(3)8-11-22)24(21(6)32-27)14-28(33)36-16-26-19(4)9-12-23(20(26)5)30(34)35;/h7-12,17H,13-16,31H2,1-6H3,(H,34,35);1H. The zero-order chi connectivity index (χ0) is 26.6. The van der Waals surface area contributed by atoms with Gasteiger partial charge in [-0.15, -0.1) is 12.4 Å². The molecule has 0 bridgehead atoms. The Morgan fingerprint density at radius 1 is 0.973 bits per heavy atom. The van der Waals surface area contributed by atoms with Gasteiger partial charge >= 0.3 is 11.9 Å². The monoisotopic (exact) mass is 524 g/mol. The number of esters is 1. The molecule has 3 rings (SSSR count). The van der Waals surface area contributed by atoms with Gasteiger partial charge in [0.25, 0.3) is 0 Å². The topological polar surface area (TPSA) is 103 Å². The van der Waals surface area contributed by atoms with E-state index in [4.69, 9.17) is 15.5 Å². The summed E-state index contributed by atoms with van der Waals surface area (Å²) in [6.07, 6.45) is 0.850. The molecule has 0 saturated carbocycles. The number of carboxylic acid groups (broad SMARTS) is 1. The fraction of sp³-hybridized carbons (Fsp3) is 0.367. The van der Waals surface area contributed by atoms with Gasteiger partial charge in [0, 0.05) is 17.9 Å². The van der Waals surface area contributed by atoms with Crippen LogP contribution in [-0.2, 0) is 35.5 Å². The van der Waals surface area contributed by atoms with Crippen molar-refractivity contribution in [2.75, 3.05) is 0 Å². The van der Waals surface area contributed by atoms with E-state index in [1.165, 1.54) is 0 Å². The quantitative estimate of drug-likeness (QED) is 0.330. The Balaban J connectivity index is 0.00000481. The molecule has 3 N–H and O–H groups in total. The summed E-state index contributed by atoms with van der Waals surface area (Å²) in [6, 6.07) is 11.5. The number of aromatic nitrogens is 1. The third-order valence-corrected chi connectivity index (χ3v) is 6.60. The summed E-state index contributed by atoms with van der Waals surface area (Å²) in [5.41, 5.74) is 15.3. The molecular formula is C30H37ClN2O4. The van der Waals surface area contributed by atoms with Gasteiger partial charge in [-0.2, -0.15) is 0 Å². The predicted octanol–water partition coefficient (Wildman–Crippen LogP) is 6.05. The van der Waals surface area contributed by atoms with Gasteiger partial charge in [-0.25, -0.2) is 4.79 Å². The number of carbonyl (C=O) groups is 2. The van der Waals surface area contributed by atoms with Crippen LogP contribution >= 0.6 is 12.4 Å². The molecule has 6 nitrogen and oxygen atoms in total. The minimum Gasteiger partial charge on any atom is -0.478 e. The number of ether oxygens (including phenoxy) is 1. The maximum Gasteiger partial charge on any atom is 0.335 e. The first kappa shape index (κ1) is 30.0. The summed E-state index contributed by atoms with van der Waals surface area (Å²) in [6.45, 7) is 12.2. The fourth-order valence-electron chi connectivity index (χ4n) is 4.60. The highest BCUT2D eigenvalue weighted by molar-refractivity contribution is 5.90. The Morgan fingerprint density at radius 3 is 2.19 bits per heavy atom. The smallest absolute Gasteiger partial charge is 0.335 e. The van der Waals surface area contributed by atoms with Crippen LogP contribution in [0.2, 0.25) is 0 Å². The Labute approximate surface area is 225 Å². The Morgan fingerprint density at radius 2 is 1.62 bits per heavy atom. The number of carboxylic acids is 1. The van der Waals surface area contributed by atoms with E-state index in [0.717, 1.165) is 51.2 Å². The van der Waals surface area contributed by atoms with E-state index in [2.05, 4.69) is 38.1 Å². The number of hydrogen-bond donors (Lipinski definition) is 2. The van der Waals surface area contributed by atoms with Gasteiger partial charge in [0.05, 0.1) is 12.0 Å². The molecule has 0 saturated heterocycles. The number of hydrogen-bond acceptors (Lipinski definition) is 5. The molecule has 0 unspecified atom stereocenters. The van der Waals surface area contributed by atoms with Crippen LogP contribution in [0.5, 0.6) is 0 Å². The second kappa shape index (κ2) is 12.8. The SMILES string of the molecule is Cc1ccc(-c2c(CC(=O)OCc3c(C)ccc(C(=O)O)c3C)c(C)nc(CC(C)C)c2CN)cc1.Cl. The van der Waals surface area contributed by atoms with Crippen molar-refractivity contribution in [2.45, 2.75) is 67.5 Å². The highest BCUT2D eigenvalue weighted by Crippen LogP contribution is 2.33. The van der Waals surface area contributed by atoms with E-state index in [1.807, 2.05) is 20.8 Å². The van der Waals surface area contributed by atoms with Gasteiger partial charge in [0.1, 0.15) is 6.61 Å². The third-order valence-electron chi connectivity index (χ3n) is 6.60. The van der Waals surface area contributed by atoms with Crippen molar-refractivity contribution >= 4 is 24.3 Å². The van der Waals surface area contributed by atoms with Gasteiger partial charge in [-0.3, -0.25) is 9.78 Å². The Kier molecular flexibility index (Phi) is 10.4. The zero-order valence-electron chi connectivity index (χ0n) is 22.5. The van der Waals surface area contributed by atoms with Gasteiger partial charge < -0.3 is 15.6 Å². The first-order valence-corrected chi connectivity index (χ1v) is 12.3. The number of carbonyl (C=O) groups excluding carboxylic acids is 1. The minimum atomic E-state index is -1.000. The summed E-state index contributed by atoms with van der Waals surface area (Å²) in [5.74, 6) is -0.982. The lowest BCUT2D eigenvalue weighted by atomic mass is 9.88. The Hall–Kier alpha value is -3.22. The first-order chi connectivity index (χ1) is 17.0. The van der Waals surface area contributed by atoms with Crippen LogP contribution in [0, 0.1) is 33.6 Å². The molecule has 0 amide bonds. The number of aromatic carboxylic acids is 1. The Bertz CT molecular complexity index is 1280. The lowest BCUT2D eigenvalue weighted by Crippen LogP contribution is -2.17. The van der Waals surface area contributed by atoms with Crippen LogP contribution in [0.3, 0.4) is 0 Å². The summed E-state index contributed by atoms with van der Waals surface area (Å²) >= 11 is 0. The molecule has 2 aromatic carbocycles. The van der Waals surface area contributed by atoms with E-state index in [0.29, 0.717) is 23.6 Å². The van der Waals surface area contributed by atoms with E-state index < -0.39 is 11.9 Å². The molecule has 198 valence electrons. The zero-order valence-corrected chi connectivity index (χ0v) is 23.3. The van der Waals surface area contributed by atoms with Crippen molar-refractivity contribution in [1.82, 2.24) is 4.98 Å². The summed E-state index contributed by atoms with van der Waals surface area (Å²) in [7, 11) is 0. The maximum absolute atomic E-state index is 13.1. The third kappa shape index (κ3) is 6.96. The maximum atomic E-state index is 13.1. The molecule has 0 aliphatic carbocycles. The second-order valence-electron chi connectivity index (χ2n) is 9.82. The molecule has 3 aromatic rings. The second-order valence-corrected chi connectivity index (χ2v) is 9.82. The van der Waals surface area contributed by atoms with Gasteiger partial charge in [0.2, 0.25) is 0 Å². The normalized spacial score (nSPS) is 10.8. The number of rotatable bonds is 9. The average Bonchev–Trinajstić information content (AvgIpc) is 2.80. The average molecular weight is 525 g/mol. The molecule has 0 fully saturated rings. The van der Waals surface area contributed by atoms with Crippen molar-refractivity contribution in [3.8, 4) is 11.1 Å². The molecule has 0 radical (unpaired) electrons. The summed E-state index contributed by atoms with van der Waals surface area (Å²) < 4.78 is 5.67. The largest absolute Gasteiger partial charge is 0.478 e. The lowest BCUT2D eigenvalue weighted by Gasteiger charge is -2.21. The number of aryl methyl sites for hydroxylation is 3. The van der Waals surface area contributed by atoms with E-state index in [-0.39, 0.29) is 31.0 Å². The molecule has 37 heavy (non-hydrogen) atoms. The molecule has 7 heteroatoms. The van der Waals surface area contributed by atoms with E-state index in [1.54, 1.807) is 19.1 Å². The van der Waals surface area contributed by atoms with E-state index >= 15 is 0 Å². The number of nitrogens with two attached hydrogens (primary N) is 1. The minimum absolute atomic E-state index is 0. The highest BCUT2D eigenvalue weighted by atomic mass is 35.5. The van der Waals surface area contributed by atoms with E-state index in [9.17, 15) is 14.7 Å². The van der Waals surface area contributed by atoms with Crippen molar-refractivity contribution in [3.63, 3.8) is 0 Å². The number of halogens is 1. The van der Waals surface area contributed by atoms with Gasteiger partial charge in [-0.05, 0) is 85.0 Å². The van der Waals surface area contributed by atoms with Crippen LogP contribution in [-0.4, -0.2) is 22.0 Å². The number of nitrogens with zero attached hydrogens (tertiary/aromatic N) is 1. The predicted molar refractivity (Wildman–Crippen MR) is 149 cm³/mol. The molecule has 1 heterocycles. The fourth-order valence-corrected chi connectivity index (χ4v) is 4.60. The van der Waals surface area contributed by atoms with Crippen LogP contribution in [0.1, 0.15) is 69.0 Å². The van der Waals surface area contributed by atoms with Gasteiger partial charge in [-0.1, -0.05) is 49.7 Å².